The number of nitrogen functional groups attached to an aromatic ring is 1. The molecular weight excluding hydrogens is 383 g/mol. The Morgan fingerprint density at radius 1 is 1.36 bits per heavy atom. The van der Waals surface area contributed by atoms with Crippen LogP contribution in [0.1, 0.15) is 32.4 Å². The summed E-state index contributed by atoms with van der Waals surface area (Å²) in [4.78, 5) is 22.6. The van der Waals surface area contributed by atoms with E-state index in [0.29, 0.717) is 18.2 Å². The van der Waals surface area contributed by atoms with Crippen LogP contribution in [-0.2, 0) is 11.2 Å². The van der Waals surface area contributed by atoms with Crippen molar-refractivity contribution >= 4 is 41.5 Å². The van der Waals surface area contributed by atoms with Crippen LogP contribution in [0.5, 0.6) is 0 Å². The first kappa shape index (κ1) is 21.7. The minimum absolute atomic E-state index is 0. The Morgan fingerprint density at radius 2 is 2.14 bits per heavy atom. The number of aryl methyl sites for hydroxylation is 1. The molecule has 0 bridgehead atoms. The van der Waals surface area contributed by atoms with Gasteiger partial charge in [-0.15, -0.1) is 12.4 Å². The second-order valence-electron chi connectivity index (χ2n) is 6.78. The van der Waals surface area contributed by atoms with Crippen molar-refractivity contribution in [2.75, 3.05) is 29.0 Å². The fraction of sp³-hybridized carbons (Fsp3) is 0.421. The summed E-state index contributed by atoms with van der Waals surface area (Å²) >= 11 is 0. The Hall–Kier alpha value is -2.61. The van der Waals surface area contributed by atoms with Crippen molar-refractivity contribution in [2.24, 2.45) is 0 Å². The Balaban J connectivity index is 0.00000280. The van der Waals surface area contributed by atoms with Gasteiger partial charge in [0.2, 0.25) is 11.9 Å². The average Bonchev–Trinajstić information content (AvgIpc) is 3.06. The average molecular weight is 409 g/mol. The van der Waals surface area contributed by atoms with E-state index in [0.717, 1.165) is 37.3 Å². The van der Waals surface area contributed by atoms with Gasteiger partial charge in [0.15, 0.2) is 0 Å². The van der Waals surface area contributed by atoms with Gasteiger partial charge >= 0.3 is 0 Å². The van der Waals surface area contributed by atoms with Crippen LogP contribution in [0.25, 0.3) is 0 Å². The van der Waals surface area contributed by atoms with Crippen LogP contribution in [0, 0.1) is 5.82 Å². The number of nitrogens with two attached hydrogens (primary N) is 1. The van der Waals surface area contributed by atoms with Crippen molar-refractivity contribution in [3.63, 3.8) is 0 Å². The van der Waals surface area contributed by atoms with Gasteiger partial charge < -0.3 is 21.3 Å². The number of benzene rings is 1. The number of carbonyl (C=O) groups is 1. The van der Waals surface area contributed by atoms with Crippen molar-refractivity contribution in [3.8, 4) is 0 Å². The fourth-order valence-electron chi connectivity index (χ4n) is 3.21. The summed E-state index contributed by atoms with van der Waals surface area (Å²) in [5.74, 6) is 0.791. The van der Waals surface area contributed by atoms with Crippen LogP contribution >= 0.6 is 12.4 Å². The van der Waals surface area contributed by atoms with E-state index < -0.39 is 5.82 Å². The van der Waals surface area contributed by atoms with Gasteiger partial charge in [0.1, 0.15) is 11.6 Å². The summed E-state index contributed by atoms with van der Waals surface area (Å²) in [6, 6.07) is 6.55. The van der Waals surface area contributed by atoms with Gasteiger partial charge in [0.05, 0.1) is 5.69 Å². The number of anilines is 4. The van der Waals surface area contributed by atoms with E-state index in [2.05, 4.69) is 32.4 Å². The van der Waals surface area contributed by atoms with Gasteiger partial charge in [-0.3, -0.25) is 4.79 Å². The third-order valence-corrected chi connectivity index (χ3v) is 4.44. The van der Waals surface area contributed by atoms with Crippen molar-refractivity contribution < 1.29 is 9.18 Å². The topological polar surface area (TPSA) is 96.2 Å². The van der Waals surface area contributed by atoms with E-state index in [4.69, 9.17) is 5.73 Å². The van der Waals surface area contributed by atoms with Crippen LogP contribution in [0.4, 0.5) is 27.5 Å². The van der Waals surface area contributed by atoms with Crippen molar-refractivity contribution in [2.45, 2.75) is 39.2 Å². The zero-order chi connectivity index (χ0) is 19.4. The third-order valence-electron chi connectivity index (χ3n) is 4.44. The number of amides is 1. The third kappa shape index (κ3) is 5.45. The first-order valence-corrected chi connectivity index (χ1v) is 9.16. The number of hydrogen-bond acceptors (Lipinski definition) is 6. The summed E-state index contributed by atoms with van der Waals surface area (Å²) in [7, 11) is 0. The maximum atomic E-state index is 13.4. The minimum atomic E-state index is -0.456. The van der Waals surface area contributed by atoms with E-state index in [9.17, 15) is 9.18 Å². The Labute approximate surface area is 170 Å². The maximum absolute atomic E-state index is 13.4. The number of hydrogen-bond donors (Lipinski definition) is 3. The first-order chi connectivity index (χ1) is 12.9. The molecule has 1 aliphatic heterocycles. The maximum Gasteiger partial charge on any atom is 0.229 e. The predicted octanol–water partition coefficient (Wildman–Crippen LogP) is 3.03. The largest absolute Gasteiger partial charge is 0.396 e. The number of nitrogens with one attached hydrogen (secondary N) is 2. The van der Waals surface area contributed by atoms with E-state index in [-0.39, 0.29) is 30.0 Å². The number of rotatable bonds is 6. The smallest absolute Gasteiger partial charge is 0.229 e. The Morgan fingerprint density at radius 3 is 2.82 bits per heavy atom. The number of nitrogens with zero attached hydrogens (tertiary/aromatic N) is 3. The Bertz CT molecular complexity index is 834. The van der Waals surface area contributed by atoms with E-state index in [1.807, 2.05) is 6.07 Å². The molecule has 3 rings (SSSR count). The summed E-state index contributed by atoms with van der Waals surface area (Å²) < 4.78 is 13.4. The van der Waals surface area contributed by atoms with E-state index >= 15 is 0 Å². The molecule has 0 aliphatic carbocycles. The molecule has 152 valence electrons. The second-order valence-corrected chi connectivity index (χ2v) is 6.78. The van der Waals surface area contributed by atoms with Crippen molar-refractivity contribution in [1.29, 1.82) is 0 Å². The molecule has 0 unspecified atom stereocenters. The van der Waals surface area contributed by atoms with E-state index in [1.54, 1.807) is 6.07 Å². The fourth-order valence-corrected chi connectivity index (χ4v) is 3.21. The quantitative estimate of drug-likeness (QED) is 0.636. The molecule has 7 nitrogen and oxygen atoms in total. The Kier molecular flexibility index (Phi) is 7.39. The standard InChI is InChI=1S/C19H25FN6O.ClH/c1-3-4-13-10-18(26-8-7-15(11-26)22-12(2)27)25-19(23-13)24-14-5-6-16(20)17(21)9-14;/h5-6,9-10,15H,3-4,7-8,11,21H2,1-2H3,(H,22,27)(H,23,24,25);1H/t15-;/m0./s1. The van der Waals surface area contributed by atoms with Crippen LogP contribution in [0.15, 0.2) is 24.3 Å². The molecular formula is C19H26ClFN6O. The van der Waals surface area contributed by atoms with Crippen LogP contribution in [0.2, 0.25) is 0 Å². The summed E-state index contributed by atoms with van der Waals surface area (Å²) in [6.45, 7) is 5.16. The molecule has 9 heteroatoms. The molecule has 0 spiro atoms. The lowest BCUT2D eigenvalue weighted by Crippen LogP contribution is -2.35. The molecule has 1 aromatic heterocycles. The minimum Gasteiger partial charge on any atom is -0.396 e. The van der Waals surface area contributed by atoms with Gasteiger partial charge in [0, 0.05) is 43.5 Å². The molecule has 1 saturated heterocycles. The monoisotopic (exact) mass is 408 g/mol. The summed E-state index contributed by atoms with van der Waals surface area (Å²) in [5.41, 5.74) is 7.27. The molecule has 2 aromatic rings. The highest BCUT2D eigenvalue weighted by Crippen LogP contribution is 2.24. The van der Waals surface area contributed by atoms with Crippen LogP contribution in [0.3, 0.4) is 0 Å². The van der Waals surface area contributed by atoms with Crippen LogP contribution < -0.4 is 21.3 Å². The number of aromatic nitrogens is 2. The molecule has 28 heavy (non-hydrogen) atoms. The summed E-state index contributed by atoms with van der Waals surface area (Å²) in [6.07, 6.45) is 2.68. The zero-order valence-electron chi connectivity index (χ0n) is 16.0. The molecule has 1 fully saturated rings. The molecule has 0 saturated carbocycles. The van der Waals surface area contributed by atoms with Gasteiger partial charge in [-0.05, 0) is 31.0 Å². The second kappa shape index (κ2) is 9.54. The highest BCUT2D eigenvalue weighted by atomic mass is 35.5. The molecule has 4 N–H and O–H groups in total. The SMILES string of the molecule is CCCc1cc(N2CC[C@H](NC(C)=O)C2)nc(Nc2ccc(F)c(N)c2)n1.Cl. The summed E-state index contributed by atoms with van der Waals surface area (Å²) in [5, 5.41) is 6.07. The molecule has 1 aliphatic rings. The highest BCUT2D eigenvalue weighted by Gasteiger charge is 2.24. The molecule has 1 amide bonds. The van der Waals surface area contributed by atoms with Gasteiger partial charge in [-0.1, -0.05) is 13.3 Å². The molecule has 0 radical (unpaired) electrons. The molecule has 2 heterocycles. The first-order valence-electron chi connectivity index (χ1n) is 9.16. The lowest BCUT2D eigenvalue weighted by atomic mass is 10.2. The van der Waals surface area contributed by atoms with Crippen molar-refractivity contribution in [1.82, 2.24) is 15.3 Å². The number of carbonyl (C=O) groups excluding carboxylic acids is 1. The van der Waals surface area contributed by atoms with Crippen molar-refractivity contribution in [3.05, 3.63) is 35.8 Å². The number of halogens is 2. The lowest BCUT2D eigenvalue weighted by Gasteiger charge is -2.19. The van der Waals surface area contributed by atoms with Crippen LogP contribution in [-0.4, -0.2) is 35.0 Å². The molecule has 1 aromatic carbocycles. The normalized spacial score (nSPS) is 15.8. The predicted molar refractivity (Wildman–Crippen MR) is 112 cm³/mol. The highest BCUT2D eigenvalue weighted by molar-refractivity contribution is 5.85. The lowest BCUT2D eigenvalue weighted by molar-refractivity contribution is -0.119. The van der Waals surface area contributed by atoms with Gasteiger partial charge in [-0.25, -0.2) is 9.37 Å². The molecule has 1 atom stereocenters. The van der Waals surface area contributed by atoms with Gasteiger partial charge in [0.25, 0.3) is 0 Å². The van der Waals surface area contributed by atoms with E-state index in [1.165, 1.54) is 19.1 Å². The zero-order valence-corrected chi connectivity index (χ0v) is 16.9. The van der Waals surface area contributed by atoms with Gasteiger partial charge in [-0.2, -0.15) is 4.98 Å².